The summed E-state index contributed by atoms with van der Waals surface area (Å²) in [4.78, 5) is 18.8. The van der Waals surface area contributed by atoms with Gasteiger partial charge in [0.1, 0.15) is 0 Å². The Hall–Kier alpha value is -2.58. The minimum atomic E-state index is -0.258. The minimum Gasteiger partial charge on any atom is -0.331 e. The number of hydrogen-bond acceptors (Lipinski definition) is 3. The number of aromatic nitrogens is 2. The monoisotopic (exact) mass is 240 g/mol. The molecule has 1 amide bonds. The number of nitrogens with two attached hydrogens (primary N) is 1. The van der Waals surface area contributed by atoms with E-state index in [4.69, 9.17) is 5.73 Å². The molecule has 0 aliphatic carbocycles. The molecule has 0 spiro atoms. The number of benzene rings is 1. The zero-order valence-corrected chi connectivity index (χ0v) is 9.60. The van der Waals surface area contributed by atoms with Crippen molar-refractivity contribution in [3.8, 4) is 11.8 Å². The van der Waals surface area contributed by atoms with E-state index in [1.54, 1.807) is 30.6 Å². The van der Waals surface area contributed by atoms with Crippen LogP contribution in [0.15, 0.2) is 36.7 Å². The van der Waals surface area contributed by atoms with Crippen LogP contribution in [0.4, 0.5) is 5.95 Å². The summed E-state index contributed by atoms with van der Waals surface area (Å²) in [5.74, 6) is 5.75. The summed E-state index contributed by atoms with van der Waals surface area (Å²) in [5.41, 5.74) is 6.46. The van der Waals surface area contributed by atoms with Gasteiger partial charge >= 0.3 is 0 Å². The molecule has 2 aromatic rings. The third-order valence-electron chi connectivity index (χ3n) is 2.23. The van der Waals surface area contributed by atoms with Gasteiger partial charge in [0.15, 0.2) is 0 Å². The lowest BCUT2D eigenvalue weighted by atomic mass is 10.1. The first-order valence-corrected chi connectivity index (χ1v) is 5.40. The second-order valence-electron chi connectivity index (χ2n) is 3.44. The Kier molecular flexibility index (Phi) is 3.74. The SMILES string of the molecule is NCC#Cc1ccccc1C(=O)Nc1ncc[nH]1. The molecule has 5 heteroatoms. The lowest BCUT2D eigenvalue weighted by Crippen LogP contribution is -2.14. The number of hydrogen-bond donors (Lipinski definition) is 3. The lowest BCUT2D eigenvalue weighted by molar-refractivity contribution is 0.102. The Morgan fingerprint density at radius 3 is 3.00 bits per heavy atom. The largest absolute Gasteiger partial charge is 0.331 e. The van der Waals surface area contributed by atoms with E-state index < -0.39 is 0 Å². The fourth-order valence-electron chi connectivity index (χ4n) is 1.44. The summed E-state index contributed by atoms with van der Waals surface area (Å²) >= 11 is 0. The standard InChI is InChI=1S/C13H12N4O/c14-7-3-5-10-4-1-2-6-11(10)12(18)17-13-15-8-9-16-13/h1-2,4,6,8-9H,7,14H2,(H2,15,16,17,18). The molecule has 1 aromatic carbocycles. The van der Waals surface area contributed by atoms with Crippen LogP contribution in [0.1, 0.15) is 15.9 Å². The van der Waals surface area contributed by atoms with Gasteiger partial charge in [-0.25, -0.2) is 4.98 Å². The molecule has 0 radical (unpaired) electrons. The highest BCUT2D eigenvalue weighted by molar-refractivity contribution is 6.05. The number of imidazole rings is 1. The molecule has 0 atom stereocenters. The minimum absolute atomic E-state index is 0.258. The van der Waals surface area contributed by atoms with Crippen molar-refractivity contribution in [1.82, 2.24) is 9.97 Å². The molecule has 0 fully saturated rings. The number of nitrogens with one attached hydrogen (secondary N) is 2. The maximum atomic E-state index is 12.0. The topological polar surface area (TPSA) is 83.8 Å². The van der Waals surface area contributed by atoms with Crippen molar-refractivity contribution in [2.24, 2.45) is 5.73 Å². The Morgan fingerprint density at radius 2 is 2.28 bits per heavy atom. The lowest BCUT2D eigenvalue weighted by Gasteiger charge is -2.04. The van der Waals surface area contributed by atoms with Crippen molar-refractivity contribution in [3.63, 3.8) is 0 Å². The third kappa shape index (κ3) is 2.75. The summed E-state index contributed by atoms with van der Waals surface area (Å²) in [6, 6.07) is 7.09. The van der Waals surface area contributed by atoms with Crippen LogP contribution < -0.4 is 11.1 Å². The molecular formula is C13H12N4O. The Morgan fingerprint density at radius 1 is 1.44 bits per heavy atom. The highest BCUT2D eigenvalue weighted by Gasteiger charge is 2.10. The van der Waals surface area contributed by atoms with Gasteiger partial charge in [0.05, 0.1) is 12.1 Å². The number of rotatable bonds is 2. The number of aromatic amines is 1. The van der Waals surface area contributed by atoms with Crippen LogP contribution in [0, 0.1) is 11.8 Å². The van der Waals surface area contributed by atoms with Gasteiger partial charge in [-0.2, -0.15) is 0 Å². The molecule has 0 unspecified atom stereocenters. The number of amides is 1. The number of H-pyrrole nitrogens is 1. The Bertz CT molecular complexity index is 593. The van der Waals surface area contributed by atoms with Crippen LogP contribution in [-0.2, 0) is 0 Å². The van der Waals surface area contributed by atoms with Crippen molar-refractivity contribution in [3.05, 3.63) is 47.8 Å². The van der Waals surface area contributed by atoms with E-state index in [0.717, 1.165) is 0 Å². The number of carbonyl (C=O) groups excluding carboxylic acids is 1. The van der Waals surface area contributed by atoms with Crippen LogP contribution >= 0.6 is 0 Å². The van der Waals surface area contributed by atoms with Crippen LogP contribution in [0.5, 0.6) is 0 Å². The zero-order valence-electron chi connectivity index (χ0n) is 9.60. The molecule has 18 heavy (non-hydrogen) atoms. The molecule has 0 bridgehead atoms. The van der Waals surface area contributed by atoms with E-state index in [1.807, 2.05) is 6.07 Å². The van der Waals surface area contributed by atoms with Gasteiger partial charge in [-0.1, -0.05) is 24.0 Å². The summed E-state index contributed by atoms with van der Waals surface area (Å²) in [6.07, 6.45) is 3.20. The van der Waals surface area contributed by atoms with Crippen LogP contribution in [0.3, 0.4) is 0 Å². The predicted octanol–water partition coefficient (Wildman–Crippen LogP) is 0.972. The van der Waals surface area contributed by atoms with E-state index in [9.17, 15) is 4.79 Å². The molecule has 0 aliphatic rings. The third-order valence-corrected chi connectivity index (χ3v) is 2.23. The molecule has 1 aromatic heterocycles. The first-order valence-electron chi connectivity index (χ1n) is 5.40. The van der Waals surface area contributed by atoms with Crippen LogP contribution in [0.2, 0.25) is 0 Å². The van der Waals surface area contributed by atoms with Gasteiger partial charge in [0, 0.05) is 18.0 Å². The molecule has 90 valence electrons. The maximum absolute atomic E-state index is 12.0. The van der Waals surface area contributed by atoms with Crippen LogP contribution in [0.25, 0.3) is 0 Å². The molecule has 0 aliphatic heterocycles. The average Bonchev–Trinajstić information content (AvgIpc) is 2.89. The van der Waals surface area contributed by atoms with Crippen LogP contribution in [-0.4, -0.2) is 22.4 Å². The highest BCUT2D eigenvalue weighted by Crippen LogP contribution is 2.09. The van der Waals surface area contributed by atoms with E-state index in [1.165, 1.54) is 0 Å². The summed E-state index contributed by atoms with van der Waals surface area (Å²) in [6.45, 7) is 0.258. The first-order chi connectivity index (χ1) is 8.81. The second kappa shape index (κ2) is 5.66. The Balaban J connectivity index is 2.24. The molecule has 2 rings (SSSR count). The van der Waals surface area contributed by atoms with E-state index in [0.29, 0.717) is 17.1 Å². The van der Waals surface area contributed by atoms with Gasteiger partial charge in [-0.15, -0.1) is 0 Å². The smallest absolute Gasteiger partial charge is 0.259 e. The van der Waals surface area contributed by atoms with Crippen molar-refractivity contribution >= 4 is 11.9 Å². The van der Waals surface area contributed by atoms with Crippen molar-refractivity contribution in [2.45, 2.75) is 0 Å². The summed E-state index contributed by atoms with van der Waals surface area (Å²) < 4.78 is 0. The zero-order chi connectivity index (χ0) is 12.8. The van der Waals surface area contributed by atoms with Gasteiger partial charge in [-0.3, -0.25) is 10.1 Å². The number of nitrogens with zero attached hydrogens (tertiary/aromatic N) is 1. The van der Waals surface area contributed by atoms with E-state index in [2.05, 4.69) is 27.1 Å². The van der Waals surface area contributed by atoms with Crippen molar-refractivity contribution in [2.75, 3.05) is 11.9 Å². The van der Waals surface area contributed by atoms with Crippen molar-refractivity contribution < 1.29 is 4.79 Å². The van der Waals surface area contributed by atoms with E-state index >= 15 is 0 Å². The molecule has 5 nitrogen and oxygen atoms in total. The maximum Gasteiger partial charge on any atom is 0.259 e. The number of carbonyl (C=O) groups is 1. The molecule has 0 saturated carbocycles. The van der Waals surface area contributed by atoms with Gasteiger partial charge in [-0.05, 0) is 12.1 Å². The fourth-order valence-corrected chi connectivity index (χ4v) is 1.44. The van der Waals surface area contributed by atoms with Crippen molar-refractivity contribution in [1.29, 1.82) is 0 Å². The first kappa shape index (κ1) is 11.9. The van der Waals surface area contributed by atoms with Gasteiger partial charge in [0.25, 0.3) is 5.91 Å². The average molecular weight is 240 g/mol. The predicted molar refractivity (Wildman–Crippen MR) is 68.9 cm³/mol. The summed E-state index contributed by atoms with van der Waals surface area (Å²) in [5, 5.41) is 2.65. The van der Waals surface area contributed by atoms with E-state index in [-0.39, 0.29) is 12.5 Å². The quantitative estimate of drug-likeness (QED) is 0.684. The number of anilines is 1. The summed E-state index contributed by atoms with van der Waals surface area (Å²) in [7, 11) is 0. The molecular weight excluding hydrogens is 228 g/mol. The highest BCUT2D eigenvalue weighted by atomic mass is 16.1. The fraction of sp³-hybridized carbons (Fsp3) is 0.0769. The second-order valence-corrected chi connectivity index (χ2v) is 3.44. The Labute approximate surface area is 104 Å². The molecule has 4 N–H and O–H groups in total. The molecule has 1 heterocycles. The van der Waals surface area contributed by atoms with Gasteiger partial charge < -0.3 is 10.7 Å². The normalized spacial score (nSPS) is 9.39. The van der Waals surface area contributed by atoms with Gasteiger partial charge in [0.2, 0.25) is 5.95 Å². The molecule has 0 saturated heterocycles.